The smallest absolute Gasteiger partial charge is 0.306 e. The maximum atomic E-state index is 12.0. The monoisotopic (exact) mass is 319 g/mol. The Kier molecular flexibility index (Phi) is 6.44. The zero-order valence-electron chi connectivity index (χ0n) is 13.8. The summed E-state index contributed by atoms with van der Waals surface area (Å²) in [6, 6.07) is 7.80. The van der Waals surface area contributed by atoms with Gasteiger partial charge in [-0.1, -0.05) is 25.0 Å². The van der Waals surface area contributed by atoms with Gasteiger partial charge in [-0.05, 0) is 43.9 Å². The van der Waals surface area contributed by atoms with Gasteiger partial charge in [-0.3, -0.25) is 9.59 Å². The number of nitrogens with one attached hydrogen (secondary N) is 1. The molecule has 0 saturated heterocycles. The van der Waals surface area contributed by atoms with Crippen molar-refractivity contribution in [2.45, 2.75) is 57.6 Å². The van der Waals surface area contributed by atoms with Gasteiger partial charge < -0.3 is 14.8 Å². The van der Waals surface area contributed by atoms with Crippen LogP contribution in [0.15, 0.2) is 24.3 Å². The van der Waals surface area contributed by atoms with Gasteiger partial charge in [-0.25, -0.2) is 0 Å². The number of esters is 1. The first-order chi connectivity index (χ1) is 11.1. The van der Waals surface area contributed by atoms with Crippen LogP contribution in [0.5, 0.6) is 5.75 Å². The quantitative estimate of drug-likeness (QED) is 0.785. The third kappa shape index (κ3) is 5.58. The van der Waals surface area contributed by atoms with Gasteiger partial charge in [0, 0.05) is 12.5 Å². The van der Waals surface area contributed by atoms with E-state index in [9.17, 15) is 9.59 Å². The molecular formula is C18H25NO4. The molecule has 1 unspecified atom stereocenters. The molecule has 1 aromatic carbocycles. The minimum atomic E-state index is -0.737. The first-order valence-electron chi connectivity index (χ1n) is 8.21. The Morgan fingerprint density at radius 2 is 1.87 bits per heavy atom. The third-order valence-corrected chi connectivity index (χ3v) is 4.16. The molecular weight excluding hydrogens is 294 g/mol. The number of hydrogen-bond donors (Lipinski definition) is 1. The number of methoxy groups -OCH3 is 1. The molecule has 1 atom stereocenters. The van der Waals surface area contributed by atoms with Crippen molar-refractivity contribution in [2.24, 2.45) is 0 Å². The van der Waals surface area contributed by atoms with E-state index >= 15 is 0 Å². The average molecular weight is 319 g/mol. The van der Waals surface area contributed by atoms with Crippen LogP contribution in [-0.4, -0.2) is 31.1 Å². The fourth-order valence-corrected chi connectivity index (χ4v) is 2.74. The molecule has 5 nitrogen and oxygen atoms in total. The average Bonchev–Trinajstić information content (AvgIpc) is 3.06. The molecule has 1 aliphatic carbocycles. The van der Waals surface area contributed by atoms with E-state index in [1.165, 1.54) is 0 Å². The molecule has 1 fully saturated rings. The highest BCUT2D eigenvalue weighted by Gasteiger charge is 2.22. The van der Waals surface area contributed by atoms with Gasteiger partial charge in [0.15, 0.2) is 6.10 Å². The molecule has 1 amide bonds. The van der Waals surface area contributed by atoms with Gasteiger partial charge in [0.1, 0.15) is 5.75 Å². The molecule has 0 heterocycles. The number of hydrogen-bond acceptors (Lipinski definition) is 4. The summed E-state index contributed by atoms with van der Waals surface area (Å²) in [7, 11) is 1.62. The Labute approximate surface area is 137 Å². The van der Waals surface area contributed by atoms with Gasteiger partial charge in [-0.2, -0.15) is 0 Å². The molecule has 1 N–H and O–H groups in total. The number of amides is 1. The summed E-state index contributed by atoms with van der Waals surface area (Å²) < 4.78 is 10.3. The van der Waals surface area contributed by atoms with Crippen molar-refractivity contribution in [3.8, 4) is 5.75 Å². The fourth-order valence-electron chi connectivity index (χ4n) is 2.74. The van der Waals surface area contributed by atoms with Crippen molar-refractivity contribution >= 4 is 11.9 Å². The minimum Gasteiger partial charge on any atom is -0.497 e. The molecule has 0 spiro atoms. The molecule has 0 aliphatic heterocycles. The summed E-state index contributed by atoms with van der Waals surface area (Å²) in [5.74, 6) is 0.234. The molecule has 1 aliphatic rings. The van der Waals surface area contributed by atoms with Crippen molar-refractivity contribution in [2.75, 3.05) is 7.11 Å². The molecule has 5 heteroatoms. The Balaban J connectivity index is 1.71. The normalized spacial score (nSPS) is 15.9. The Hall–Kier alpha value is -2.04. The van der Waals surface area contributed by atoms with E-state index in [1.54, 1.807) is 14.0 Å². The minimum absolute atomic E-state index is 0.199. The summed E-state index contributed by atoms with van der Waals surface area (Å²) in [6.07, 6.45) is 4.45. The topological polar surface area (TPSA) is 64.6 Å². The van der Waals surface area contributed by atoms with Crippen molar-refractivity contribution in [1.82, 2.24) is 5.32 Å². The summed E-state index contributed by atoms with van der Waals surface area (Å²) in [5, 5.41) is 2.94. The number of carbonyl (C=O) groups is 2. The first-order valence-corrected chi connectivity index (χ1v) is 8.21. The van der Waals surface area contributed by atoms with Gasteiger partial charge in [0.25, 0.3) is 5.91 Å². The second-order valence-corrected chi connectivity index (χ2v) is 5.97. The maximum absolute atomic E-state index is 12.0. The van der Waals surface area contributed by atoms with Gasteiger partial charge in [0.2, 0.25) is 0 Å². The number of ether oxygens (including phenoxy) is 2. The molecule has 1 aromatic rings. The standard InChI is InChI=1S/C18H25NO4/c1-13(18(21)19-15-5-3-4-6-15)23-17(20)12-9-14-7-10-16(22-2)11-8-14/h7-8,10-11,13,15H,3-6,9,12H2,1-2H3,(H,19,21). The van der Waals surface area contributed by atoms with E-state index in [0.29, 0.717) is 6.42 Å². The first kappa shape index (κ1) is 17.3. The van der Waals surface area contributed by atoms with Crippen LogP contribution >= 0.6 is 0 Å². The second-order valence-electron chi connectivity index (χ2n) is 5.97. The lowest BCUT2D eigenvalue weighted by Gasteiger charge is -2.17. The Morgan fingerprint density at radius 3 is 2.48 bits per heavy atom. The molecule has 2 rings (SSSR count). The van der Waals surface area contributed by atoms with Crippen molar-refractivity contribution < 1.29 is 19.1 Å². The van der Waals surface area contributed by atoms with E-state index in [4.69, 9.17) is 9.47 Å². The summed E-state index contributed by atoms with van der Waals surface area (Å²) >= 11 is 0. The number of aryl methyl sites for hydroxylation is 1. The fraction of sp³-hybridized carbons (Fsp3) is 0.556. The predicted octanol–water partition coefficient (Wildman–Crippen LogP) is 2.62. The second kappa shape index (κ2) is 8.56. The lowest BCUT2D eigenvalue weighted by molar-refractivity contribution is -0.155. The highest BCUT2D eigenvalue weighted by molar-refractivity contribution is 5.83. The van der Waals surface area contributed by atoms with Crippen molar-refractivity contribution in [3.05, 3.63) is 29.8 Å². The van der Waals surface area contributed by atoms with Gasteiger partial charge >= 0.3 is 5.97 Å². The number of rotatable bonds is 7. The van der Waals surface area contributed by atoms with Crippen molar-refractivity contribution in [3.63, 3.8) is 0 Å². The molecule has 1 saturated carbocycles. The van der Waals surface area contributed by atoms with Crippen LogP contribution in [0.1, 0.15) is 44.6 Å². The maximum Gasteiger partial charge on any atom is 0.306 e. The highest BCUT2D eigenvalue weighted by atomic mass is 16.5. The van der Waals surface area contributed by atoms with Crippen LogP contribution < -0.4 is 10.1 Å². The van der Waals surface area contributed by atoms with Crippen LogP contribution in [0.2, 0.25) is 0 Å². The van der Waals surface area contributed by atoms with E-state index < -0.39 is 6.10 Å². The molecule has 0 aromatic heterocycles. The van der Waals surface area contributed by atoms with Crippen molar-refractivity contribution in [1.29, 1.82) is 0 Å². The van der Waals surface area contributed by atoms with E-state index in [0.717, 1.165) is 37.0 Å². The number of carbonyl (C=O) groups excluding carboxylic acids is 2. The van der Waals surface area contributed by atoms with Crippen LogP contribution in [-0.2, 0) is 20.7 Å². The van der Waals surface area contributed by atoms with Crippen LogP contribution in [0.3, 0.4) is 0 Å². The van der Waals surface area contributed by atoms with E-state index in [-0.39, 0.29) is 24.3 Å². The summed E-state index contributed by atoms with van der Waals surface area (Å²) in [6.45, 7) is 1.62. The lowest BCUT2D eigenvalue weighted by Crippen LogP contribution is -2.40. The Bertz CT molecular complexity index is 520. The molecule has 0 radical (unpaired) electrons. The SMILES string of the molecule is COc1ccc(CCC(=O)OC(C)C(=O)NC2CCCC2)cc1. The number of benzene rings is 1. The highest BCUT2D eigenvalue weighted by Crippen LogP contribution is 2.18. The molecule has 126 valence electrons. The largest absolute Gasteiger partial charge is 0.497 e. The predicted molar refractivity (Wildman–Crippen MR) is 87.3 cm³/mol. The Morgan fingerprint density at radius 1 is 1.22 bits per heavy atom. The third-order valence-electron chi connectivity index (χ3n) is 4.16. The van der Waals surface area contributed by atoms with Crippen LogP contribution in [0, 0.1) is 0 Å². The van der Waals surface area contributed by atoms with Gasteiger partial charge in [0.05, 0.1) is 7.11 Å². The summed E-state index contributed by atoms with van der Waals surface area (Å²) in [5.41, 5.74) is 1.03. The van der Waals surface area contributed by atoms with Crippen LogP contribution in [0.4, 0.5) is 0 Å². The summed E-state index contributed by atoms with van der Waals surface area (Å²) in [4.78, 5) is 23.8. The van der Waals surface area contributed by atoms with Crippen LogP contribution in [0.25, 0.3) is 0 Å². The molecule has 0 bridgehead atoms. The zero-order valence-corrected chi connectivity index (χ0v) is 13.8. The van der Waals surface area contributed by atoms with Gasteiger partial charge in [-0.15, -0.1) is 0 Å². The lowest BCUT2D eigenvalue weighted by atomic mass is 10.1. The van der Waals surface area contributed by atoms with E-state index in [1.807, 2.05) is 24.3 Å². The van der Waals surface area contributed by atoms with E-state index in [2.05, 4.69) is 5.32 Å². The zero-order chi connectivity index (χ0) is 16.7. The molecule has 23 heavy (non-hydrogen) atoms.